The lowest BCUT2D eigenvalue weighted by Crippen LogP contribution is -2.36. The van der Waals surface area contributed by atoms with Crippen LogP contribution in [-0.2, 0) is 16.6 Å². The fourth-order valence-corrected chi connectivity index (χ4v) is 3.82. The highest BCUT2D eigenvalue weighted by atomic mass is 32.2. The predicted octanol–water partition coefficient (Wildman–Crippen LogP) is 2.04. The van der Waals surface area contributed by atoms with Gasteiger partial charge < -0.3 is 9.73 Å². The number of hydrogen-bond donors (Lipinski definition) is 2. The van der Waals surface area contributed by atoms with E-state index in [1.807, 2.05) is 20.1 Å². The summed E-state index contributed by atoms with van der Waals surface area (Å²) in [6, 6.07) is 0. The molecule has 2 N–H and O–H groups in total. The molecule has 0 radical (unpaired) electrons. The third-order valence-electron chi connectivity index (χ3n) is 3.19. The van der Waals surface area contributed by atoms with E-state index < -0.39 is 10.0 Å². The van der Waals surface area contributed by atoms with Crippen molar-refractivity contribution in [2.75, 3.05) is 19.8 Å². The third-order valence-corrected chi connectivity index (χ3v) is 6.03. The van der Waals surface area contributed by atoms with Gasteiger partial charge in [-0.15, -0.1) is 0 Å². The molecule has 116 valence electrons. The molecule has 1 rings (SSSR count). The molecule has 0 aliphatic rings. The van der Waals surface area contributed by atoms with Crippen molar-refractivity contribution in [1.29, 1.82) is 0 Å². The minimum atomic E-state index is -3.56. The molecule has 0 amide bonds. The number of sulfonamides is 1. The Balaban J connectivity index is 3.10. The highest BCUT2D eigenvalue weighted by Crippen LogP contribution is 2.27. The molecule has 1 aromatic heterocycles. The molecule has 0 bridgehead atoms. The van der Waals surface area contributed by atoms with Gasteiger partial charge >= 0.3 is 0 Å². The van der Waals surface area contributed by atoms with E-state index >= 15 is 0 Å². The molecule has 0 aliphatic carbocycles. The summed E-state index contributed by atoms with van der Waals surface area (Å²) in [5, 5.41) is 2.98. The lowest BCUT2D eigenvalue weighted by atomic mass is 10.2. The van der Waals surface area contributed by atoms with Crippen molar-refractivity contribution in [2.45, 2.75) is 43.9 Å². The molecular formula is C13H24N2O3S2. The van der Waals surface area contributed by atoms with Crippen LogP contribution in [0.15, 0.2) is 9.31 Å². The van der Waals surface area contributed by atoms with Crippen molar-refractivity contribution >= 4 is 21.8 Å². The number of rotatable bonds is 7. The molecule has 0 aromatic carbocycles. The van der Waals surface area contributed by atoms with Crippen LogP contribution in [0.25, 0.3) is 0 Å². The van der Waals surface area contributed by atoms with Crippen LogP contribution in [0.1, 0.15) is 30.9 Å². The number of aryl methyl sites for hydroxylation is 2. The molecule has 0 saturated heterocycles. The molecule has 0 aliphatic heterocycles. The lowest BCUT2D eigenvalue weighted by Gasteiger charge is -2.22. The predicted molar refractivity (Wildman–Crippen MR) is 83.7 cm³/mol. The van der Waals surface area contributed by atoms with Gasteiger partial charge in [-0.1, -0.05) is 0 Å². The second-order valence-electron chi connectivity index (χ2n) is 5.34. The van der Waals surface area contributed by atoms with Crippen molar-refractivity contribution in [1.82, 2.24) is 10.0 Å². The van der Waals surface area contributed by atoms with Gasteiger partial charge in [0.2, 0.25) is 10.0 Å². The first-order chi connectivity index (χ1) is 9.14. The topological polar surface area (TPSA) is 71.3 Å². The molecule has 7 heteroatoms. The van der Waals surface area contributed by atoms with E-state index in [9.17, 15) is 8.42 Å². The first kappa shape index (κ1) is 17.6. The van der Waals surface area contributed by atoms with Crippen LogP contribution in [0.2, 0.25) is 0 Å². The molecule has 0 saturated carbocycles. The minimum Gasteiger partial charge on any atom is -0.465 e. The minimum absolute atomic E-state index is 0.150. The van der Waals surface area contributed by atoms with Gasteiger partial charge in [0.15, 0.2) is 0 Å². The van der Waals surface area contributed by atoms with E-state index in [1.54, 1.807) is 32.7 Å². The maximum absolute atomic E-state index is 12.5. The Morgan fingerprint density at radius 1 is 1.25 bits per heavy atom. The Morgan fingerprint density at radius 3 is 2.35 bits per heavy atom. The van der Waals surface area contributed by atoms with E-state index in [2.05, 4.69) is 10.0 Å². The highest BCUT2D eigenvalue weighted by molar-refractivity contribution is 8.00. The van der Waals surface area contributed by atoms with Crippen LogP contribution < -0.4 is 10.0 Å². The lowest BCUT2D eigenvalue weighted by molar-refractivity contribution is 0.493. The van der Waals surface area contributed by atoms with Gasteiger partial charge in [0.25, 0.3) is 0 Å². The Bertz CT molecular complexity index is 562. The standard InChI is InChI=1S/C13H24N2O3S2/c1-9-11(7-14-5)12(10(2)18-9)20(16,17)15-8-13(3,4)19-6/h14-15H,7-8H2,1-6H3. The summed E-state index contributed by atoms with van der Waals surface area (Å²) in [6.45, 7) is 8.31. The molecule has 1 heterocycles. The van der Waals surface area contributed by atoms with E-state index in [0.717, 1.165) is 0 Å². The summed E-state index contributed by atoms with van der Waals surface area (Å²) in [5.74, 6) is 1.07. The quantitative estimate of drug-likeness (QED) is 0.804. The summed E-state index contributed by atoms with van der Waals surface area (Å²) in [5.41, 5.74) is 0.694. The molecule has 20 heavy (non-hydrogen) atoms. The zero-order valence-electron chi connectivity index (χ0n) is 13.0. The van der Waals surface area contributed by atoms with E-state index in [4.69, 9.17) is 4.42 Å². The highest BCUT2D eigenvalue weighted by Gasteiger charge is 2.28. The molecule has 0 fully saturated rings. The van der Waals surface area contributed by atoms with E-state index in [1.165, 1.54) is 0 Å². The normalized spacial score (nSPS) is 12.9. The van der Waals surface area contributed by atoms with Crippen LogP contribution in [0.4, 0.5) is 0 Å². The zero-order valence-corrected chi connectivity index (χ0v) is 14.6. The van der Waals surface area contributed by atoms with Gasteiger partial charge in [0.05, 0.1) is 0 Å². The first-order valence-corrected chi connectivity index (χ1v) is 9.13. The van der Waals surface area contributed by atoms with Crippen LogP contribution in [0, 0.1) is 13.8 Å². The summed E-state index contributed by atoms with van der Waals surface area (Å²) in [6.07, 6.45) is 1.97. The van der Waals surface area contributed by atoms with Gasteiger partial charge in [-0.05, 0) is 41.0 Å². The SMILES string of the molecule is CNCc1c(C)oc(C)c1S(=O)(=O)NCC(C)(C)SC. The second-order valence-corrected chi connectivity index (χ2v) is 8.56. The van der Waals surface area contributed by atoms with Crippen LogP contribution in [0.3, 0.4) is 0 Å². The first-order valence-electron chi connectivity index (χ1n) is 6.43. The molecule has 0 atom stereocenters. The largest absolute Gasteiger partial charge is 0.465 e. The molecule has 5 nitrogen and oxygen atoms in total. The average molecular weight is 320 g/mol. The summed E-state index contributed by atoms with van der Waals surface area (Å²) >= 11 is 1.62. The number of nitrogens with one attached hydrogen (secondary N) is 2. The molecular weight excluding hydrogens is 296 g/mol. The Morgan fingerprint density at radius 2 is 1.85 bits per heavy atom. The molecule has 0 unspecified atom stereocenters. The zero-order chi connectivity index (χ0) is 15.6. The van der Waals surface area contributed by atoms with Gasteiger partial charge in [-0.25, -0.2) is 13.1 Å². The second kappa shape index (κ2) is 6.51. The average Bonchev–Trinajstić information content (AvgIpc) is 2.63. The van der Waals surface area contributed by atoms with Crippen molar-refractivity contribution in [3.8, 4) is 0 Å². The maximum Gasteiger partial charge on any atom is 0.244 e. The maximum atomic E-state index is 12.5. The Labute approximate surface area is 125 Å². The van der Waals surface area contributed by atoms with Crippen molar-refractivity contribution in [3.63, 3.8) is 0 Å². The van der Waals surface area contributed by atoms with Crippen LogP contribution in [-0.4, -0.2) is 33.0 Å². The van der Waals surface area contributed by atoms with Gasteiger partial charge in [-0.2, -0.15) is 11.8 Å². The van der Waals surface area contributed by atoms with E-state index in [0.29, 0.717) is 30.2 Å². The van der Waals surface area contributed by atoms with Gasteiger partial charge in [0, 0.05) is 23.4 Å². The summed E-state index contributed by atoms with van der Waals surface area (Å²) in [7, 11) is -1.78. The van der Waals surface area contributed by atoms with E-state index in [-0.39, 0.29) is 9.64 Å². The molecule has 0 spiro atoms. The fourth-order valence-electron chi connectivity index (χ4n) is 1.86. The number of hydrogen-bond acceptors (Lipinski definition) is 5. The van der Waals surface area contributed by atoms with Crippen molar-refractivity contribution in [2.24, 2.45) is 0 Å². The Hall–Kier alpha value is -0.500. The van der Waals surface area contributed by atoms with Gasteiger partial charge in [-0.3, -0.25) is 0 Å². The van der Waals surface area contributed by atoms with Crippen molar-refractivity contribution in [3.05, 3.63) is 17.1 Å². The molecule has 1 aromatic rings. The summed E-state index contributed by atoms with van der Waals surface area (Å²) < 4.78 is 33.0. The van der Waals surface area contributed by atoms with Crippen LogP contribution >= 0.6 is 11.8 Å². The van der Waals surface area contributed by atoms with Crippen LogP contribution in [0.5, 0.6) is 0 Å². The smallest absolute Gasteiger partial charge is 0.244 e. The number of thioether (sulfide) groups is 1. The van der Waals surface area contributed by atoms with Gasteiger partial charge in [0.1, 0.15) is 16.4 Å². The number of furan rings is 1. The third kappa shape index (κ3) is 4.00. The summed E-state index contributed by atoms with van der Waals surface area (Å²) in [4.78, 5) is 0.265. The van der Waals surface area contributed by atoms with Crippen molar-refractivity contribution < 1.29 is 12.8 Å². The fraction of sp³-hybridized carbons (Fsp3) is 0.692. The monoisotopic (exact) mass is 320 g/mol. The Kier molecular flexibility index (Phi) is 5.71.